The van der Waals surface area contributed by atoms with Gasteiger partial charge in [0.05, 0.1) is 0 Å². The minimum Gasteiger partial charge on any atom is -0.207 e. The highest BCUT2D eigenvalue weighted by Crippen LogP contribution is 2.34. The van der Waals surface area contributed by atoms with Crippen molar-refractivity contribution in [2.45, 2.75) is 12.8 Å². The molecule has 0 fully saturated rings. The number of rotatable bonds is 0. The van der Waals surface area contributed by atoms with E-state index >= 15 is 0 Å². The highest BCUT2D eigenvalue weighted by Gasteiger charge is 2.19. The summed E-state index contributed by atoms with van der Waals surface area (Å²) in [7, 11) is 0. The fourth-order valence-corrected chi connectivity index (χ4v) is 3.08. The number of fused-ring (bicyclic) bond motifs is 2. The van der Waals surface area contributed by atoms with Gasteiger partial charge in [-0.3, -0.25) is 0 Å². The van der Waals surface area contributed by atoms with Crippen LogP contribution in [-0.4, -0.2) is 0 Å². The van der Waals surface area contributed by atoms with E-state index in [0.717, 1.165) is 29.5 Å². The Kier molecular flexibility index (Phi) is 3.04. The topological polar surface area (TPSA) is 0 Å². The first-order valence-corrected chi connectivity index (χ1v) is 6.89. The zero-order valence-electron chi connectivity index (χ0n) is 9.79. The van der Waals surface area contributed by atoms with E-state index in [9.17, 15) is 4.39 Å². The SMILES string of the molecule is Fc1cccc2c1CCc1ccccc1C2=CBr. The van der Waals surface area contributed by atoms with E-state index in [-0.39, 0.29) is 5.82 Å². The summed E-state index contributed by atoms with van der Waals surface area (Å²) in [5, 5.41) is 0. The molecule has 2 aromatic rings. The third-order valence-electron chi connectivity index (χ3n) is 3.47. The quantitative estimate of drug-likeness (QED) is 0.661. The van der Waals surface area contributed by atoms with Crippen molar-refractivity contribution in [2.75, 3.05) is 0 Å². The maximum Gasteiger partial charge on any atom is 0.127 e. The third-order valence-corrected chi connectivity index (χ3v) is 3.93. The predicted molar refractivity (Wildman–Crippen MR) is 76.3 cm³/mol. The van der Waals surface area contributed by atoms with Crippen LogP contribution in [0.4, 0.5) is 4.39 Å². The van der Waals surface area contributed by atoms with Crippen molar-refractivity contribution in [2.24, 2.45) is 0 Å². The summed E-state index contributed by atoms with van der Waals surface area (Å²) in [4.78, 5) is 1.90. The Bertz CT molecular complexity index is 629. The molecule has 0 amide bonds. The van der Waals surface area contributed by atoms with Crippen molar-refractivity contribution in [3.05, 3.63) is 75.5 Å². The Morgan fingerprint density at radius 3 is 2.56 bits per heavy atom. The number of halogens is 2. The Morgan fingerprint density at radius 1 is 0.944 bits per heavy atom. The van der Waals surface area contributed by atoms with Gasteiger partial charge in [0.1, 0.15) is 5.82 Å². The van der Waals surface area contributed by atoms with Gasteiger partial charge in [-0.05, 0) is 51.7 Å². The van der Waals surface area contributed by atoms with E-state index in [0.29, 0.717) is 0 Å². The van der Waals surface area contributed by atoms with Crippen LogP contribution < -0.4 is 0 Å². The van der Waals surface area contributed by atoms with Crippen LogP contribution in [0.15, 0.2) is 47.4 Å². The summed E-state index contributed by atoms with van der Waals surface area (Å²) in [5.41, 5.74) is 5.35. The molecule has 0 radical (unpaired) electrons. The number of benzene rings is 2. The molecule has 0 N–H and O–H groups in total. The van der Waals surface area contributed by atoms with Gasteiger partial charge >= 0.3 is 0 Å². The van der Waals surface area contributed by atoms with Crippen LogP contribution in [0.5, 0.6) is 0 Å². The molecule has 3 rings (SSSR count). The Morgan fingerprint density at radius 2 is 1.72 bits per heavy atom. The summed E-state index contributed by atoms with van der Waals surface area (Å²) >= 11 is 3.43. The lowest BCUT2D eigenvalue weighted by Crippen LogP contribution is -1.95. The highest BCUT2D eigenvalue weighted by molar-refractivity contribution is 9.11. The Balaban J connectivity index is 2.29. The molecule has 0 aromatic heterocycles. The summed E-state index contributed by atoms with van der Waals surface area (Å²) in [6.07, 6.45) is 1.64. The molecule has 0 saturated carbocycles. The molecule has 18 heavy (non-hydrogen) atoms. The molecule has 0 unspecified atom stereocenters. The van der Waals surface area contributed by atoms with Gasteiger partial charge in [0.25, 0.3) is 0 Å². The minimum absolute atomic E-state index is 0.104. The van der Waals surface area contributed by atoms with Crippen molar-refractivity contribution < 1.29 is 4.39 Å². The monoisotopic (exact) mass is 302 g/mol. The van der Waals surface area contributed by atoms with E-state index in [2.05, 4.69) is 28.1 Å². The molecule has 1 aliphatic rings. The molecule has 0 heterocycles. The summed E-state index contributed by atoms with van der Waals surface area (Å²) in [5.74, 6) is -0.104. The average Bonchev–Trinajstić information content (AvgIpc) is 2.56. The maximum absolute atomic E-state index is 13.9. The third kappa shape index (κ3) is 1.81. The van der Waals surface area contributed by atoms with E-state index in [1.165, 1.54) is 11.1 Å². The second-order valence-corrected chi connectivity index (χ2v) is 4.90. The summed E-state index contributed by atoms with van der Waals surface area (Å²) < 4.78 is 13.9. The van der Waals surface area contributed by atoms with Gasteiger partial charge in [-0.1, -0.05) is 52.3 Å². The van der Waals surface area contributed by atoms with Gasteiger partial charge in [0, 0.05) is 0 Å². The van der Waals surface area contributed by atoms with Gasteiger partial charge in [0.15, 0.2) is 0 Å². The number of hydrogen-bond donors (Lipinski definition) is 0. The minimum atomic E-state index is -0.104. The van der Waals surface area contributed by atoms with Crippen LogP contribution in [0.1, 0.15) is 22.3 Å². The second-order valence-electron chi connectivity index (χ2n) is 4.45. The zero-order chi connectivity index (χ0) is 12.5. The molecule has 0 saturated heterocycles. The average molecular weight is 303 g/mol. The summed E-state index contributed by atoms with van der Waals surface area (Å²) in [6.45, 7) is 0. The molecule has 0 bridgehead atoms. The lowest BCUT2D eigenvalue weighted by atomic mass is 9.95. The van der Waals surface area contributed by atoms with Gasteiger partial charge in [-0.15, -0.1) is 0 Å². The fourth-order valence-electron chi connectivity index (χ4n) is 2.59. The van der Waals surface area contributed by atoms with Crippen molar-refractivity contribution in [3.8, 4) is 0 Å². The lowest BCUT2D eigenvalue weighted by Gasteiger charge is -2.10. The normalized spacial score (nSPS) is 16.0. The maximum atomic E-state index is 13.9. The molecule has 90 valence electrons. The fraction of sp³-hybridized carbons (Fsp3) is 0.125. The van der Waals surface area contributed by atoms with Gasteiger partial charge < -0.3 is 0 Å². The Hall–Kier alpha value is -1.41. The predicted octanol–water partition coefficient (Wildman–Crippen LogP) is 4.71. The van der Waals surface area contributed by atoms with Crippen LogP contribution in [0.25, 0.3) is 5.57 Å². The molecule has 2 heteroatoms. The van der Waals surface area contributed by atoms with Crippen molar-refractivity contribution in [1.29, 1.82) is 0 Å². The molecular formula is C16H12BrF. The van der Waals surface area contributed by atoms with Crippen LogP contribution in [0.3, 0.4) is 0 Å². The van der Waals surface area contributed by atoms with Crippen molar-refractivity contribution in [3.63, 3.8) is 0 Å². The smallest absolute Gasteiger partial charge is 0.127 e. The standard InChI is InChI=1S/C16H12BrF/c17-10-15-12-5-2-1-4-11(12)8-9-14-13(15)6-3-7-16(14)18/h1-7,10H,8-9H2. The van der Waals surface area contributed by atoms with Crippen molar-refractivity contribution in [1.82, 2.24) is 0 Å². The largest absolute Gasteiger partial charge is 0.207 e. The van der Waals surface area contributed by atoms with Crippen LogP contribution in [-0.2, 0) is 12.8 Å². The molecular weight excluding hydrogens is 291 g/mol. The van der Waals surface area contributed by atoms with Crippen LogP contribution in [0.2, 0.25) is 0 Å². The van der Waals surface area contributed by atoms with Gasteiger partial charge in [-0.25, -0.2) is 4.39 Å². The lowest BCUT2D eigenvalue weighted by molar-refractivity contribution is 0.608. The first-order chi connectivity index (χ1) is 8.81. The number of hydrogen-bond acceptors (Lipinski definition) is 0. The first kappa shape index (κ1) is 11.7. The molecule has 2 aromatic carbocycles. The zero-order valence-corrected chi connectivity index (χ0v) is 11.4. The Labute approximate surface area is 114 Å². The van der Waals surface area contributed by atoms with Gasteiger partial charge in [-0.2, -0.15) is 0 Å². The molecule has 0 atom stereocenters. The molecule has 0 aliphatic heterocycles. The van der Waals surface area contributed by atoms with Gasteiger partial charge in [0.2, 0.25) is 0 Å². The molecule has 0 nitrogen and oxygen atoms in total. The summed E-state index contributed by atoms with van der Waals surface area (Å²) in [6, 6.07) is 13.6. The highest BCUT2D eigenvalue weighted by atomic mass is 79.9. The van der Waals surface area contributed by atoms with E-state index in [1.54, 1.807) is 12.1 Å². The van der Waals surface area contributed by atoms with Crippen molar-refractivity contribution >= 4 is 21.5 Å². The molecule has 0 spiro atoms. The van der Waals surface area contributed by atoms with Crippen LogP contribution >= 0.6 is 15.9 Å². The second kappa shape index (κ2) is 4.69. The molecule has 1 aliphatic carbocycles. The first-order valence-electron chi connectivity index (χ1n) is 5.97. The number of aryl methyl sites for hydroxylation is 1. The van der Waals surface area contributed by atoms with Crippen LogP contribution in [0, 0.1) is 5.82 Å². The van der Waals surface area contributed by atoms with E-state index < -0.39 is 0 Å². The van der Waals surface area contributed by atoms with E-state index in [4.69, 9.17) is 0 Å². The van der Waals surface area contributed by atoms with E-state index in [1.807, 2.05) is 23.2 Å².